The summed E-state index contributed by atoms with van der Waals surface area (Å²) in [6.07, 6.45) is 1.00. The summed E-state index contributed by atoms with van der Waals surface area (Å²) in [4.78, 5) is 9.59. The minimum Gasteiger partial charge on any atom is -0.244 e. The summed E-state index contributed by atoms with van der Waals surface area (Å²) in [5.74, 6) is 0. The molecule has 1 heterocycles. The Morgan fingerprint density at radius 2 is 1.40 bits per heavy atom. The molecule has 2 heteroatoms. The first kappa shape index (κ1) is 11.4. The van der Waals surface area contributed by atoms with E-state index in [1.54, 1.807) is 0 Å². The van der Waals surface area contributed by atoms with Crippen LogP contribution in [0.25, 0.3) is 32.8 Å². The van der Waals surface area contributed by atoms with Crippen LogP contribution < -0.4 is 0 Å². The van der Waals surface area contributed by atoms with Gasteiger partial charge in [-0.3, -0.25) is 0 Å². The number of hydrogen-bond donors (Lipinski definition) is 0. The summed E-state index contributed by atoms with van der Waals surface area (Å²) in [6.45, 7) is 2.18. The van der Waals surface area contributed by atoms with E-state index < -0.39 is 0 Å². The molecule has 0 amide bonds. The highest BCUT2D eigenvalue weighted by atomic mass is 14.8. The van der Waals surface area contributed by atoms with Crippen molar-refractivity contribution in [2.24, 2.45) is 0 Å². The molecule has 20 heavy (non-hydrogen) atoms. The van der Waals surface area contributed by atoms with Crippen LogP contribution in [0.3, 0.4) is 0 Å². The highest BCUT2D eigenvalue weighted by Gasteiger charge is 2.08. The van der Waals surface area contributed by atoms with E-state index in [0.29, 0.717) is 0 Å². The fourth-order valence-corrected chi connectivity index (χ4v) is 2.82. The standard InChI is InChI=1S/C18H14N2/c1-2-12-11-17-18(14-8-4-3-7-13(12)14)20-16-10-6-5-9-15(16)19-17/h3-11H,2H2,1H3. The van der Waals surface area contributed by atoms with Crippen LogP contribution in [-0.2, 0) is 6.42 Å². The third kappa shape index (κ3) is 1.58. The molecule has 0 saturated carbocycles. The van der Waals surface area contributed by atoms with E-state index >= 15 is 0 Å². The van der Waals surface area contributed by atoms with Gasteiger partial charge in [0.1, 0.15) is 0 Å². The molecule has 1 aromatic heterocycles. The zero-order chi connectivity index (χ0) is 13.5. The van der Waals surface area contributed by atoms with Crippen LogP contribution in [0.1, 0.15) is 12.5 Å². The average molecular weight is 258 g/mol. The van der Waals surface area contributed by atoms with Gasteiger partial charge in [-0.05, 0) is 35.6 Å². The minimum atomic E-state index is 0.953. The summed E-state index contributed by atoms with van der Waals surface area (Å²) in [7, 11) is 0. The highest BCUT2D eigenvalue weighted by Crippen LogP contribution is 2.28. The quantitative estimate of drug-likeness (QED) is 0.371. The van der Waals surface area contributed by atoms with Gasteiger partial charge in [-0.1, -0.05) is 43.3 Å². The molecule has 96 valence electrons. The molecule has 0 spiro atoms. The molecule has 4 aromatic rings. The summed E-state index contributed by atoms with van der Waals surface area (Å²) in [5, 5.41) is 2.48. The van der Waals surface area contributed by atoms with Gasteiger partial charge in [0.2, 0.25) is 0 Å². The number of hydrogen-bond acceptors (Lipinski definition) is 2. The number of fused-ring (bicyclic) bond motifs is 4. The summed E-state index contributed by atoms with van der Waals surface area (Å²) >= 11 is 0. The van der Waals surface area contributed by atoms with Crippen molar-refractivity contribution < 1.29 is 0 Å². The van der Waals surface area contributed by atoms with Gasteiger partial charge in [-0.25, -0.2) is 9.97 Å². The lowest BCUT2D eigenvalue weighted by molar-refractivity contribution is 1.16. The molecule has 0 saturated heterocycles. The highest BCUT2D eigenvalue weighted by molar-refractivity contribution is 6.07. The number of para-hydroxylation sites is 2. The van der Waals surface area contributed by atoms with Gasteiger partial charge in [-0.15, -0.1) is 0 Å². The van der Waals surface area contributed by atoms with E-state index in [1.807, 2.05) is 24.3 Å². The number of nitrogens with zero attached hydrogens (tertiary/aromatic N) is 2. The number of aromatic nitrogens is 2. The zero-order valence-electron chi connectivity index (χ0n) is 11.3. The smallest absolute Gasteiger partial charge is 0.0973 e. The van der Waals surface area contributed by atoms with Gasteiger partial charge >= 0.3 is 0 Å². The predicted octanol–water partition coefficient (Wildman–Crippen LogP) is 4.50. The van der Waals surface area contributed by atoms with Crippen molar-refractivity contribution in [3.8, 4) is 0 Å². The third-order valence-electron chi connectivity index (χ3n) is 3.82. The minimum absolute atomic E-state index is 0.953. The molecule has 0 bridgehead atoms. The molecule has 0 aliphatic rings. The van der Waals surface area contributed by atoms with Crippen molar-refractivity contribution in [2.45, 2.75) is 13.3 Å². The Morgan fingerprint density at radius 1 is 0.750 bits per heavy atom. The van der Waals surface area contributed by atoms with Gasteiger partial charge in [0.15, 0.2) is 0 Å². The van der Waals surface area contributed by atoms with Crippen LogP contribution >= 0.6 is 0 Å². The van der Waals surface area contributed by atoms with Crippen molar-refractivity contribution >= 4 is 32.8 Å². The molecule has 0 aliphatic heterocycles. The van der Waals surface area contributed by atoms with E-state index in [1.165, 1.54) is 16.3 Å². The van der Waals surface area contributed by atoms with Crippen molar-refractivity contribution in [1.29, 1.82) is 0 Å². The van der Waals surface area contributed by atoms with E-state index in [0.717, 1.165) is 28.5 Å². The second-order valence-corrected chi connectivity index (χ2v) is 5.01. The Morgan fingerprint density at radius 3 is 2.15 bits per heavy atom. The van der Waals surface area contributed by atoms with Crippen LogP contribution in [0.4, 0.5) is 0 Å². The first-order valence-corrected chi connectivity index (χ1v) is 6.94. The van der Waals surface area contributed by atoms with E-state index in [2.05, 4.69) is 37.3 Å². The molecule has 0 atom stereocenters. The third-order valence-corrected chi connectivity index (χ3v) is 3.82. The second-order valence-electron chi connectivity index (χ2n) is 5.01. The molecule has 3 aromatic carbocycles. The van der Waals surface area contributed by atoms with Crippen LogP contribution in [0.15, 0.2) is 54.6 Å². The molecular formula is C18H14N2. The van der Waals surface area contributed by atoms with Crippen LogP contribution in [-0.4, -0.2) is 9.97 Å². The number of benzene rings is 3. The largest absolute Gasteiger partial charge is 0.244 e. The molecule has 0 N–H and O–H groups in total. The topological polar surface area (TPSA) is 25.8 Å². The van der Waals surface area contributed by atoms with Gasteiger partial charge in [0.25, 0.3) is 0 Å². The Kier molecular flexibility index (Phi) is 2.43. The molecule has 4 rings (SSSR count). The van der Waals surface area contributed by atoms with Gasteiger partial charge in [0, 0.05) is 5.39 Å². The molecule has 0 fully saturated rings. The lowest BCUT2D eigenvalue weighted by atomic mass is 10.0. The fourth-order valence-electron chi connectivity index (χ4n) is 2.82. The van der Waals surface area contributed by atoms with Gasteiger partial charge < -0.3 is 0 Å². The second kappa shape index (κ2) is 4.27. The van der Waals surface area contributed by atoms with Crippen molar-refractivity contribution in [3.63, 3.8) is 0 Å². The lowest BCUT2D eigenvalue weighted by Gasteiger charge is -2.08. The van der Waals surface area contributed by atoms with E-state index in [4.69, 9.17) is 9.97 Å². The fraction of sp³-hybridized carbons (Fsp3) is 0.111. The zero-order valence-corrected chi connectivity index (χ0v) is 11.3. The monoisotopic (exact) mass is 258 g/mol. The van der Waals surface area contributed by atoms with Crippen LogP contribution in [0.2, 0.25) is 0 Å². The van der Waals surface area contributed by atoms with Crippen molar-refractivity contribution in [1.82, 2.24) is 9.97 Å². The Hall–Kier alpha value is -2.48. The van der Waals surface area contributed by atoms with Crippen molar-refractivity contribution in [3.05, 3.63) is 60.2 Å². The Labute approximate surface area is 117 Å². The molecule has 2 nitrogen and oxygen atoms in total. The maximum atomic E-state index is 4.82. The summed E-state index contributed by atoms with van der Waals surface area (Å²) < 4.78 is 0. The molecule has 0 radical (unpaired) electrons. The van der Waals surface area contributed by atoms with Gasteiger partial charge in [0.05, 0.1) is 22.1 Å². The normalized spacial score (nSPS) is 11.4. The average Bonchev–Trinajstić information content (AvgIpc) is 2.52. The number of rotatable bonds is 1. The SMILES string of the molecule is CCc1cc2nc3ccccc3nc2c2ccccc12. The predicted molar refractivity (Wildman–Crippen MR) is 83.9 cm³/mol. The maximum absolute atomic E-state index is 4.82. The summed E-state index contributed by atoms with van der Waals surface area (Å²) in [5.41, 5.74) is 5.22. The Bertz CT molecular complexity index is 942. The van der Waals surface area contributed by atoms with Crippen molar-refractivity contribution in [2.75, 3.05) is 0 Å². The molecule has 0 unspecified atom stereocenters. The number of aryl methyl sites for hydroxylation is 1. The Balaban J connectivity index is 2.25. The van der Waals surface area contributed by atoms with Crippen LogP contribution in [0, 0.1) is 0 Å². The van der Waals surface area contributed by atoms with Gasteiger partial charge in [-0.2, -0.15) is 0 Å². The van der Waals surface area contributed by atoms with E-state index in [-0.39, 0.29) is 0 Å². The first-order valence-electron chi connectivity index (χ1n) is 6.94. The lowest BCUT2D eigenvalue weighted by Crippen LogP contribution is -1.92. The van der Waals surface area contributed by atoms with E-state index in [9.17, 15) is 0 Å². The van der Waals surface area contributed by atoms with Crippen LogP contribution in [0.5, 0.6) is 0 Å². The molecular weight excluding hydrogens is 244 g/mol. The summed E-state index contributed by atoms with van der Waals surface area (Å²) in [6, 6.07) is 18.7. The molecule has 0 aliphatic carbocycles. The maximum Gasteiger partial charge on any atom is 0.0973 e. The first-order chi connectivity index (χ1) is 9.86.